The molecule has 21 heavy (non-hydrogen) atoms. The van der Waals surface area contributed by atoms with Gasteiger partial charge in [0.25, 0.3) is 0 Å². The van der Waals surface area contributed by atoms with E-state index in [1.807, 2.05) is 26.0 Å². The minimum absolute atomic E-state index is 0.00757. The molecule has 1 rings (SSSR count). The van der Waals surface area contributed by atoms with Crippen molar-refractivity contribution in [3.63, 3.8) is 0 Å². The van der Waals surface area contributed by atoms with Gasteiger partial charge in [0.2, 0.25) is 11.8 Å². The number of benzene rings is 1. The first-order valence-electron chi connectivity index (χ1n) is 7.22. The first kappa shape index (κ1) is 17.2. The molecule has 1 aromatic rings. The van der Waals surface area contributed by atoms with Crippen molar-refractivity contribution in [3.05, 3.63) is 29.8 Å². The van der Waals surface area contributed by atoms with Crippen LogP contribution in [0.4, 0.5) is 5.69 Å². The van der Waals surface area contributed by atoms with E-state index in [0.717, 1.165) is 17.7 Å². The fourth-order valence-corrected chi connectivity index (χ4v) is 1.78. The quantitative estimate of drug-likeness (QED) is 0.721. The van der Waals surface area contributed by atoms with Crippen LogP contribution < -0.4 is 10.6 Å². The van der Waals surface area contributed by atoms with Gasteiger partial charge in [-0.25, -0.2) is 0 Å². The van der Waals surface area contributed by atoms with Gasteiger partial charge < -0.3 is 15.4 Å². The normalized spacial score (nSPS) is 10.5. The summed E-state index contributed by atoms with van der Waals surface area (Å²) in [5.41, 5.74) is 1.65. The zero-order chi connectivity index (χ0) is 15.7. The summed E-state index contributed by atoms with van der Waals surface area (Å²) in [6.07, 6.45) is 1.37. The Morgan fingerprint density at radius 3 is 2.43 bits per heavy atom. The second kappa shape index (κ2) is 9.13. The van der Waals surface area contributed by atoms with Crippen molar-refractivity contribution in [2.45, 2.75) is 39.7 Å². The number of anilines is 1. The predicted molar refractivity (Wildman–Crippen MR) is 83.2 cm³/mol. The zero-order valence-electron chi connectivity index (χ0n) is 12.9. The highest BCUT2D eigenvalue weighted by atomic mass is 16.5. The third-order valence-corrected chi connectivity index (χ3v) is 2.73. The lowest BCUT2D eigenvalue weighted by Gasteiger charge is -2.08. The van der Waals surface area contributed by atoms with E-state index in [9.17, 15) is 9.59 Å². The molecule has 5 nitrogen and oxygen atoms in total. The molecular formula is C16H24N2O3. The first-order chi connectivity index (χ1) is 9.97. The van der Waals surface area contributed by atoms with Crippen LogP contribution in [0.5, 0.6) is 0 Å². The van der Waals surface area contributed by atoms with Gasteiger partial charge in [-0.2, -0.15) is 0 Å². The highest BCUT2D eigenvalue weighted by Crippen LogP contribution is 2.09. The number of carbonyl (C=O) groups is 2. The van der Waals surface area contributed by atoms with Gasteiger partial charge >= 0.3 is 0 Å². The molecular weight excluding hydrogens is 268 g/mol. The molecule has 0 saturated heterocycles. The van der Waals surface area contributed by atoms with Gasteiger partial charge in [0, 0.05) is 25.8 Å². The van der Waals surface area contributed by atoms with Crippen molar-refractivity contribution >= 4 is 17.5 Å². The Kier molecular flexibility index (Phi) is 7.46. The number of ether oxygens (including phenoxy) is 1. The fraction of sp³-hybridized carbons (Fsp3) is 0.500. The SMILES string of the molecule is CC(=O)Nc1ccc(CC(=O)NCCCOC(C)C)cc1. The van der Waals surface area contributed by atoms with Gasteiger partial charge in [-0.15, -0.1) is 0 Å². The standard InChI is InChI=1S/C16H24N2O3/c1-12(2)21-10-4-9-17-16(20)11-14-5-7-15(8-6-14)18-13(3)19/h5-8,12H,4,9-11H2,1-3H3,(H,17,20)(H,18,19). The van der Waals surface area contributed by atoms with E-state index in [4.69, 9.17) is 4.74 Å². The van der Waals surface area contributed by atoms with Crippen LogP contribution in [0, 0.1) is 0 Å². The molecule has 116 valence electrons. The second-order valence-corrected chi connectivity index (χ2v) is 5.18. The zero-order valence-corrected chi connectivity index (χ0v) is 12.9. The van der Waals surface area contributed by atoms with E-state index in [1.54, 1.807) is 12.1 Å². The van der Waals surface area contributed by atoms with Gasteiger partial charge in [-0.05, 0) is 38.0 Å². The predicted octanol–water partition coefficient (Wildman–Crippen LogP) is 2.12. The van der Waals surface area contributed by atoms with E-state index in [-0.39, 0.29) is 17.9 Å². The van der Waals surface area contributed by atoms with Gasteiger partial charge in [0.05, 0.1) is 12.5 Å². The van der Waals surface area contributed by atoms with Crippen molar-refractivity contribution in [2.75, 3.05) is 18.5 Å². The summed E-state index contributed by atoms with van der Waals surface area (Å²) >= 11 is 0. The minimum atomic E-state index is -0.107. The molecule has 2 amide bonds. The van der Waals surface area contributed by atoms with E-state index in [1.165, 1.54) is 6.92 Å². The van der Waals surface area contributed by atoms with Gasteiger partial charge in [-0.1, -0.05) is 12.1 Å². The van der Waals surface area contributed by atoms with E-state index in [0.29, 0.717) is 19.6 Å². The summed E-state index contributed by atoms with van der Waals surface area (Å²) in [6, 6.07) is 7.26. The monoisotopic (exact) mass is 292 g/mol. The van der Waals surface area contributed by atoms with Crippen molar-refractivity contribution in [3.8, 4) is 0 Å². The fourth-order valence-electron chi connectivity index (χ4n) is 1.78. The number of hydrogen-bond acceptors (Lipinski definition) is 3. The van der Waals surface area contributed by atoms with Crippen molar-refractivity contribution < 1.29 is 14.3 Å². The van der Waals surface area contributed by atoms with E-state index < -0.39 is 0 Å². The van der Waals surface area contributed by atoms with E-state index in [2.05, 4.69) is 10.6 Å². The molecule has 0 fully saturated rings. The Morgan fingerprint density at radius 2 is 1.86 bits per heavy atom. The van der Waals surface area contributed by atoms with Crippen LogP contribution in [0.3, 0.4) is 0 Å². The second-order valence-electron chi connectivity index (χ2n) is 5.18. The molecule has 0 aromatic heterocycles. The maximum absolute atomic E-state index is 11.8. The molecule has 0 bridgehead atoms. The Labute approximate surface area is 126 Å². The first-order valence-corrected chi connectivity index (χ1v) is 7.22. The van der Waals surface area contributed by atoms with Crippen LogP contribution in [-0.2, 0) is 20.7 Å². The lowest BCUT2D eigenvalue weighted by molar-refractivity contribution is -0.120. The summed E-state index contributed by atoms with van der Waals surface area (Å²) in [5.74, 6) is -0.115. The molecule has 0 spiro atoms. The van der Waals surface area contributed by atoms with Gasteiger partial charge in [-0.3, -0.25) is 9.59 Å². The molecule has 0 unspecified atom stereocenters. The maximum Gasteiger partial charge on any atom is 0.224 e. The van der Waals surface area contributed by atoms with Crippen molar-refractivity contribution in [1.82, 2.24) is 5.32 Å². The number of carbonyl (C=O) groups excluding carboxylic acids is 2. The van der Waals surface area contributed by atoms with Gasteiger partial charge in [0.15, 0.2) is 0 Å². The topological polar surface area (TPSA) is 67.4 Å². The molecule has 0 atom stereocenters. The third kappa shape index (κ3) is 8.09. The number of rotatable bonds is 8. The molecule has 1 aromatic carbocycles. The van der Waals surface area contributed by atoms with Crippen LogP contribution >= 0.6 is 0 Å². The van der Waals surface area contributed by atoms with Gasteiger partial charge in [0.1, 0.15) is 0 Å². The van der Waals surface area contributed by atoms with Crippen LogP contribution in [0.15, 0.2) is 24.3 Å². The third-order valence-electron chi connectivity index (χ3n) is 2.73. The molecule has 2 N–H and O–H groups in total. The summed E-state index contributed by atoms with van der Waals surface area (Å²) in [5, 5.41) is 5.55. The lowest BCUT2D eigenvalue weighted by atomic mass is 10.1. The molecule has 0 aliphatic rings. The Hall–Kier alpha value is -1.88. The highest BCUT2D eigenvalue weighted by molar-refractivity contribution is 5.88. The Bertz CT molecular complexity index is 455. The number of hydrogen-bond donors (Lipinski definition) is 2. The summed E-state index contributed by atoms with van der Waals surface area (Å²) < 4.78 is 5.40. The average Bonchev–Trinajstić information content (AvgIpc) is 2.39. The van der Waals surface area contributed by atoms with Crippen LogP contribution in [0.25, 0.3) is 0 Å². The lowest BCUT2D eigenvalue weighted by Crippen LogP contribution is -2.27. The molecule has 5 heteroatoms. The smallest absolute Gasteiger partial charge is 0.224 e. The molecule has 0 radical (unpaired) electrons. The molecule has 0 aliphatic heterocycles. The molecule has 0 saturated carbocycles. The minimum Gasteiger partial charge on any atom is -0.379 e. The maximum atomic E-state index is 11.8. The summed E-state index contributed by atoms with van der Waals surface area (Å²) in [7, 11) is 0. The van der Waals surface area contributed by atoms with Crippen LogP contribution in [0.1, 0.15) is 32.8 Å². The molecule has 0 aliphatic carbocycles. The van der Waals surface area contributed by atoms with Crippen molar-refractivity contribution in [2.24, 2.45) is 0 Å². The summed E-state index contributed by atoms with van der Waals surface area (Å²) in [4.78, 5) is 22.7. The van der Waals surface area contributed by atoms with Crippen LogP contribution in [-0.4, -0.2) is 31.1 Å². The van der Waals surface area contributed by atoms with Crippen molar-refractivity contribution in [1.29, 1.82) is 0 Å². The average molecular weight is 292 g/mol. The number of nitrogens with one attached hydrogen (secondary N) is 2. The van der Waals surface area contributed by atoms with E-state index >= 15 is 0 Å². The largest absolute Gasteiger partial charge is 0.379 e. The number of amides is 2. The molecule has 0 heterocycles. The Balaban J connectivity index is 2.26. The summed E-state index contributed by atoms with van der Waals surface area (Å²) in [6.45, 7) is 6.72. The Morgan fingerprint density at radius 1 is 1.19 bits per heavy atom. The van der Waals surface area contributed by atoms with Crippen LogP contribution in [0.2, 0.25) is 0 Å². The highest BCUT2D eigenvalue weighted by Gasteiger charge is 2.03.